The standard InChI is InChI=1S/C21H33O4P/c1-24-18-14-10-15-19(25-2)20(18)21(22)26(23)16-9-5-3-4-6-11-17-12-7-8-13-17/h10,14-15,17,26H,3-9,11-13,16H2,1-2H3. The average Bonchev–Trinajstić information content (AvgIpc) is 3.19. The van der Waals surface area contributed by atoms with Crippen LogP contribution in [0.2, 0.25) is 0 Å². The van der Waals surface area contributed by atoms with E-state index in [0.717, 1.165) is 18.8 Å². The van der Waals surface area contributed by atoms with Crippen LogP contribution >= 0.6 is 7.80 Å². The molecule has 1 fully saturated rings. The van der Waals surface area contributed by atoms with E-state index >= 15 is 0 Å². The number of hydrogen-bond donors (Lipinski definition) is 0. The molecule has 0 heterocycles. The predicted molar refractivity (Wildman–Crippen MR) is 107 cm³/mol. The molecule has 0 aliphatic heterocycles. The van der Waals surface area contributed by atoms with Gasteiger partial charge in [0, 0.05) is 6.16 Å². The number of carbonyl (C=O) groups excluding carboxylic acids is 1. The molecule has 146 valence electrons. The van der Waals surface area contributed by atoms with E-state index in [1.54, 1.807) is 18.2 Å². The van der Waals surface area contributed by atoms with Crippen molar-refractivity contribution in [3.63, 3.8) is 0 Å². The van der Waals surface area contributed by atoms with Gasteiger partial charge in [0.25, 0.3) is 0 Å². The second-order valence-corrected chi connectivity index (χ2v) is 9.05. The van der Waals surface area contributed by atoms with E-state index in [1.165, 1.54) is 65.6 Å². The smallest absolute Gasteiger partial charge is 0.225 e. The van der Waals surface area contributed by atoms with Gasteiger partial charge in [-0.25, -0.2) is 0 Å². The average molecular weight is 380 g/mol. The van der Waals surface area contributed by atoms with Gasteiger partial charge in [0.2, 0.25) is 5.52 Å². The van der Waals surface area contributed by atoms with Crippen LogP contribution in [0.3, 0.4) is 0 Å². The number of hydrogen-bond acceptors (Lipinski definition) is 4. The topological polar surface area (TPSA) is 52.6 Å². The lowest BCUT2D eigenvalue weighted by molar-refractivity contribution is 0.107. The van der Waals surface area contributed by atoms with Crippen LogP contribution < -0.4 is 9.47 Å². The Balaban J connectivity index is 1.70. The fourth-order valence-electron chi connectivity index (χ4n) is 3.88. The van der Waals surface area contributed by atoms with Gasteiger partial charge in [-0.15, -0.1) is 0 Å². The molecule has 1 aliphatic rings. The maximum absolute atomic E-state index is 12.6. The summed E-state index contributed by atoms with van der Waals surface area (Å²) >= 11 is 0. The molecule has 1 saturated carbocycles. The molecule has 0 aromatic heterocycles. The number of unbranched alkanes of at least 4 members (excludes halogenated alkanes) is 4. The van der Waals surface area contributed by atoms with Gasteiger partial charge in [-0.3, -0.25) is 4.79 Å². The Bertz CT molecular complexity index is 571. The number of rotatable bonds is 12. The van der Waals surface area contributed by atoms with Crippen molar-refractivity contribution >= 4 is 13.3 Å². The predicted octanol–water partition coefficient (Wildman–Crippen LogP) is 5.93. The molecule has 0 amide bonds. The normalized spacial score (nSPS) is 15.8. The van der Waals surface area contributed by atoms with Crippen LogP contribution in [-0.4, -0.2) is 25.9 Å². The zero-order valence-corrected chi connectivity index (χ0v) is 17.2. The Hall–Kier alpha value is -1.28. The van der Waals surface area contributed by atoms with Crippen LogP contribution in [0.15, 0.2) is 18.2 Å². The Labute approximate surface area is 158 Å². The summed E-state index contributed by atoms with van der Waals surface area (Å²) in [6.45, 7) is 0. The molecule has 1 atom stereocenters. The number of benzene rings is 1. The lowest BCUT2D eigenvalue weighted by Gasteiger charge is -2.12. The Morgan fingerprint density at radius 2 is 1.58 bits per heavy atom. The lowest BCUT2D eigenvalue weighted by Crippen LogP contribution is -2.03. The third-order valence-electron chi connectivity index (χ3n) is 5.40. The van der Waals surface area contributed by atoms with Crippen molar-refractivity contribution in [2.45, 2.75) is 64.2 Å². The van der Waals surface area contributed by atoms with E-state index in [2.05, 4.69) is 0 Å². The van der Waals surface area contributed by atoms with Crippen LogP contribution in [0.1, 0.15) is 74.6 Å². The minimum Gasteiger partial charge on any atom is -0.496 e. The van der Waals surface area contributed by atoms with E-state index in [0.29, 0.717) is 23.2 Å². The van der Waals surface area contributed by atoms with Gasteiger partial charge in [-0.2, -0.15) is 0 Å². The van der Waals surface area contributed by atoms with E-state index < -0.39 is 7.80 Å². The highest BCUT2D eigenvalue weighted by Gasteiger charge is 2.22. The van der Waals surface area contributed by atoms with Crippen molar-refractivity contribution < 1.29 is 18.8 Å². The summed E-state index contributed by atoms with van der Waals surface area (Å²) in [5, 5.41) is 0. The zero-order chi connectivity index (χ0) is 18.8. The number of methoxy groups -OCH3 is 2. The van der Waals surface area contributed by atoms with Crippen molar-refractivity contribution in [2.75, 3.05) is 20.4 Å². The van der Waals surface area contributed by atoms with Gasteiger partial charge in [-0.05, 0) is 24.5 Å². The van der Waals surface area contributed by atoms with Gasteiger partial charge in [0.05, 0.1) is 14.2 Å². The molecule has 1 aromatic carbocycles. The molecule has 0 spiro atoms. The van der Waals surface area contributed by atoms with Crippen molar-refractivity contribution in [3.8, 4) is 11.5 Å². The van der Waals surface area contributed by atoms with Crippen molar-refractivity contribution in [2.24, 2.45) is 5.92 Å². The summed E-state index contributed by atoms with van der Waals surface area (Å²) in [5.41, 5.74) is -0.0107. The van der Waals surface area contributed by atoms with E-state index in [1.807, 2.05) is 0 Å². The van der Waals surface area contributed by atoms with Gasteiger partial charge >= 0.3 is 0 Å². The van der Waals surface area contributed by atoms with Crippen molar-refractivity contribution in [1.82, 2.24) is 0 Å². The molecule has 1 aliphatic carbocycles. The molecule has 26 heavy (non-hydrogen) atoms. The molecule has 1 unspecified atom stereocenters. The number of carbonyl (C=O) groups is 1. The zero-order valence-electron chi connectivity index (χ0n) is 16.2. The fraction of sp³-hybridized carbons (Fsp3) is 0.667. The summed E-state index contributed by atoms with van der Waals surface area (Å²) < 4.78 is 23.0. The summed E-state index contributed by atoms with van der Waals surface area (Å²) in [4.78, 5) is 12.6. The highest BCUT2D eigenvalue weighted by atomic mass is 31.1. The third kappa shape index (κ3) is 6.16. The largest absolute Gasteiger partial charge is 0.496 e. The van der Waals surface area contributed by atoms with E-state index in [9.17, 15) is 9.36 Å². The first-order valence-electron chi connectivity index (χ1n) is 9.96. The van der Waals surface area contributed by atoms with Crippen LogP contribution in [0, 0.1) is 5.92 Å². The minimum absolute atomic E-state index is 0.318. The molecule has 5 heteroatoms. The first kappa shape index (κ1) is 21.0. The SMILES string of the molecule is COc1cccc(OC)c1C(=O)[PH](=O)CCCCCCCC1CCCC1. The maximum atomic E-state index is 12.6. The minimum atomic E-state index is -2.34. The van der Waals surface area contributed by atoms with Crippen LogP contribution in [-0.2, 0) is 4.57 Å². The van der Waals surface area contributed by atoms with Crippen LogP contribution in [0.4, 0.5) is 0 Å². The first-order chi connectivity index (χ1) is 12.7. The molecular weight excluding hydrogens is 347 g/mol. The van der Waals surface area contributed by atoms with Gasteiger partial charge < -0.3 is 14.0 Å². The molecule has 0 saturated heterocycles. The molecule has 2 rings (SSSR count). The Morgan fingerprint density at radius 1 is 1.00 bits per heavy atom. The second-order valence-electron chi connectivity index (χ2n) is 7.25. The Morgan fingerprint density at radius 3 is 2.19 bits per heavy atom. The van der Waals surface area contributed by atoms with Crippen LogP contribution in [0.25, 0.3) is 0 Å². The quantitative estimate of drug-likeness (QED) is 0.333. The molecule has 4 nitrogen and oxygen atoms in total. The van der Waals surface area contributed by atoms with Gasteiger partial charge in [-0.1, -0.05) is 63.9 Å². The van der Waals surface area contributed by atoms with Crippen molar-refractivity contribution in [1.29, 1.82) is 0 Å². The molecular formula is C21H33O4P. The highest BCUT2D eigenvalue weighted by Crippen LogP contribution is 2.38. The van der Waals surface area contributed by atoms with E-state index in [-0.39, 0.29) is 5.52 Å². The fourth-order valence-corrected chi connectivity index (χ4v) is 5.20. The first-order valence-corrected chi connectivity index (χ1v) is 11.6. The number of ether oxygens (including phenoxy) is 2. The summed E-state index contributed by atoms with van der Waals surface area (Å²) in [6.07, 6.45) is 13.2. The summed E-state index contributed by atoms with van der Waals surface area (Å²) in [7, 11) is 0.679. The Kier molecular flexibility index (Phi) is 9.25. The maximum Gasteiger partial charge on any atom is 0.225 e. The molecule has 0 N–H and O–H groups in total. The van der Waals surface area contributed by atoms with Crippen molar-refractivity contribution in [3.05, 3.63) is 23.8 Å². The molecule has 0 bridgehead atoms. The second kappa shape index (κ2) is 11.4. The highest BCUT2D eigenvalue weighted by molar-refractivity contribution is 7.64. The van der Waals surface area contributed by atoms with Gasteiger partial charge in [0.15, 0.2) is 0 Å². The molecule has 0 radical (unpaired) electrons. The molecule has 1 aromatic rings. The third-order valence-corrected chi connectivity index (χ3v) is 6.96. The summed E-state index contributed by atoms with van der Waals surface area (Å²) in [6, 6.07) is 5.17. The van der Waals surface area contributed by atoms with E-state index in [4.69, 9.17) is 9.47 Å². The van der Waals surface area contributed by atoms with Crippen LogP contribution in [0.5, 0.6) is 11.5 Å². The lowest BCUT2D eigenvalue weighted by atomic mass is 9.99. The van der Waals surface area contributed by atoms with Gasteiger partial charge in [0.1, 0.15) is 24.9 Å². The summed E-state index contributed by atoms with van der Waals surface area (Å²) in [5.74, 6) is 1.83. The monoisotopic (exact) mass is 380 g/mol.